The minimum atomic E-state index is -0.305. The van der Waals surface area contributed by atoms with E-state index in [-0.39, 0.29) is 11.4 Å². The number of rotatable bonds is 2. The summed E-state index contributed by atoms with van der Waals surface area (Å²) in [4.78, 5) is 0. The Labute approximate surface area is 94.8 Å². The van der Waals surface area contributed by atoms with E-state index in [9.17, 15) is 4.39 Å². The molecule has 1 aromatic rings. The van der Waals surface area contributed by atoms with Crippen LogP contribution < -0.4 is 11.1 Å². The van der Waals surface area contributed by atoms with E-state index in [0.717, 1.165) is 31.7 Å². The molecule has 1 aliphatic heterocycles. The first-order valence-electron chi connectivity index (χ1n) is 5.50. The van der Waals surface area contributed by atoms with Crippen LogP contribution in [0.1, 0.15) is 19.8 Å². The molecule has 88 valence electrons. The molecule has 0 bridgehead atoms. The van der Waals surface area contributed by atoms with Crippen molar-refractivity contribution in [3.63, 3.8) is 0 Å². The lowest BCUT2D eigenvalue weighted by atomic mass is 9.92. The van der Waals surface area contributed by atoms with Gasteiger partial charge in [-0.1, -0.05) is 0 Å². The normalized spacial score (nSPS) is 19.4. The number of hydrogen-bond donors (Lipinski definition) is 2. The van der Waals surface area contributed by atoms with Crippen molar-refractivity contribution in [3.8, 4) is 0 Å². The van der Waals surface area contributed by atoms with Gasteiger partial charge in [-0.15, -0.1) is 0 Å². The summed E-state index contributed by atoms with van der Waals surface area (Å²) < 4.78 is 18.2. The Bertz CT molecular complexity index is 375. The van der Waals surface area contributed by atoms with Gasteiger partial charge in [0.2, 0.25) is 0 Å². The highest BCUT2D eigenvalue weighted by molar-refractivity contribution is 5.66. The van der Waals surface area contributed by atoms with E-state index < -0.39 is 0 Å². The van der Waals surface area contributed by atoms with Gasteiger partial charge in [0, 0.05) is 18.8 Å². The molecule has 0 aromatic heterocycles. The van der Waals surface area contributed by atoms with Gasteiger partial charge in [-0.2, -0.15) is 0 Å². The van der Waals surface area contributed by atoms with Gasteiger partial charge in [0.1, 0.15) is 5.82 Å². The molecule has 0 spiro atoms. The first-order chi connectivity index (χ1) is 7.59. The fraction of sp³-hybridized carbons (Fsp3) is 0.500. The molecule has 0 radical (unpaired) electrons. The molecule has 1 aromatic carbocycles. The van der Waals surface area contributed by atoms with Crippen LogP contribution >= 0.6 is 0 Å². The van der Waals surface area contributed by atoms with Crippen molar-refractivity contribution < 1.29 is 9.13 Å². The highest BCUT2D eigenvalue weighted by Crippen LogP contribution is 2.28. The van der Waals surface area contributed by atoms with E-state index in [4.69, 9.17) is 10.5 Å². The maximum Gasteiger partial charge on any atom is 0.125 e. The third kappa shape index (κ3) is 2.44. The predicted octanol–water partition coefficient (Wildman–Crippen LogP) is 2.39. The van der Waals surface area contributed by atoms with Gasteiger partial charge in [-0.25, -0.2) is 4.39 Å². The summed E-state index contributed by atoms with van der Waals surface area (Å²) in [6.45, 7) is 3.65. The molecule has 0 unspecified atom stereocenters. The maximum absolute atomic E-state index is 12.9. The summed E-state index contributed by atoms with van der Waals surface area (Å²) in [6.07, 6.45) is 1.87. The van der Waals surface area contributed by atoms with Crippen molar-refractivity contribution in [1.29, 1.82) is 0 Å². The second-order valence-electron chi connectivity index (χ2n) is 4.53. The molecule has 16 heavy (non-hydrogen) atoms. The summed E-state index contributed by atoms with van der Waals surface area (Å²) in [5, 5.41) is 3.38. The average Bonchev–Trinajstić information content (AvgIpc) is 2.23. The lowest BCUT2D eigenvalue weighted by Gasteiger charge is -2.35. The summed E-state index contributed by atoms with van der Waals surface area (Å²) in [6, 6.07) is 4.44. The van der Waals surface area contributed by atoms with Gasteiger partial charge in [-0.3, -0.25) is 0 Å². The van der Waals surface area contributed by atoms with Crippen LogP contribution in [0, 0.1) is 5.82 Å². The lowest BCUT2D eigenvalue weighted by molar-refractivity contribution is 0.0658. The van der Waals surface area contributed by atoms with E-state index in [1.165, 1.54) is 12.1 Å². The monoisotopic (exact) mass is 224 g/mol. The number of nitrogens with two attached hydrogens (primary N) is 1. The Hall–Kier alpha value is -1.29. The Balaban J connectivity index is 2.13. The van der Waals surface area contributed by atoms with E-state index in [1.54, 1.807) is 6.07 Å². The molecule has 0 amide bonds. The fourth-order valence-electron chi connectivity index (χ4n) is 1.92. The van der Waals surface area contributed by atoms with Crippen molar-refractivity contribution in [1.82, 2.24) is 0 Å². The Morgan fingerprint density at radius 3 is 2.69 bits per heavy atom. The van der Waals surface area contributed by atoms with Crippen LogP contribution in [0.2, 0.25) is 0 Å². The number of benzene rings is 1. The van der Waals surface area contributed by atoms with Gasteiger partial charge >= 0.3 is 0 Å². The molecule has 0 saturated carbocycles. The van der Waals surface area contributed by atoms with Crippen LogP contribution in [0.3, 0.4) is 0 Å². The van der Waals surface area contributed by atoms with Crippen molar-refractivity contribution >= 4 is 11.4 Å². The van der Waals surface area contributed by atoms with Crippen molar-refractivity contribution in [3.05, 3.63) is 24.0 Å². The molecule has 0 aliphatic carbocycles. The topological polar surface area (TPSA) is 47.3 Å². The first-order valence-corrected chi connectivity index (χ1v) is 5.50. The Morgan fingerprint density at radius 2 is 2.06 bits per heavy atom. The minimum Gasteiger partial charge on any atom is -0.397 e. The number of anilines is 2. The summed E-state index contributed by atoms with van der Waals surface area (Å²) >= 11 is 0. The summed E-state index contributed by atoms with van der Waals surface area (Å²) in [5.41, 5.74) is 7.00. The highest BCUT2D eigenvalue weighted by atomic mass is 19.1. The zero-order valence-electron chi connectivity index (χ0n) is 9.42. The summed E-state index contributed by atoms with van der Waals surface area (Å²) in [7, 11) is 0. The van der Waals surface area contributed by atoms with E-state index in [0.29, 0.717) is 5.69 Å². The Morgan fingerprint density at radius 1 is 1.38 bits per heavy atom. The van der Waals surface area contributed by atoms with Crippen LogP contribution in [-0.4, -0.2) is 18.8 Å². The van der Waals surface area contributed by atoms with Crippen LogP contribution in [0.5, 0.6) is 0 Å². The maximum atomic E-state index is 12.9. The molecule has 2 rings (SSSR count). The largest absolute Gasteiger partial charge is 0.397 e. The van der Waals surface area contributed by atoms with Crippen LogP contribution in [0.25, 0.3) is 0 Å². The zero-order valence-corrected chi connectivity index (χ0v) is 9.42. The molecule has 3 nitrogen and oxygen atoms in total. The van der Waals surface area contributed by atoms with Crippen molar-refractivity contribution in [2.24, 2.45) is 0 Å². The average molecular weight is 224 g/mol. The van der Waals surface area contributed by atoms with Gasteiger partial charge in [0.25, 0.3) is 0 Å². The molecule has 3 N–H and O–H groups in total. The molecular weight excluding hydrogens is 207 g/mol. The van der Waals surface area contributed by atoms with Crippen molar-refractivity contribution in [2.45, 2.75) is 25.3 Å². The summed E-state index contributed by atoms with van der Waals surface area (Å²) in [5.74, 6) is -0.305. The Kier molecular flexibility index (Phi) is 3.01. The number of nitrogen functional groups attached to an aromatic ring is 1. The van der Waals surface area contributed by atoms with E-state index >= 15 is 0 Å². The quantitative estimate of drug-likeness (QED) is 0.758. The van der Waals surface area contributed by atoms with Gasteiger partial charge in [0.05, 0.1) is 11.4 Å². The van der Waals surface area contributed by atoms with Crippen LogP contribution in [0.15, 0.2) is 18.2 Å². The highest BCUT2D eigenvalue weighted by Gasteiger charge is 2.27. The minimum absolute atomic E-state index is 0.00972. The fourth-order valence-corrected chi connectivity index (χ4v) is 1.92. The molecule has 1 saturated heterocycles. The van der Waals surface area contributed by atoms with Gasteiger partial charge in [-0.05, 0) is 38.0 Å². The smallest absolute Gasteiger partial charge is 0.125 e. The van der Waals surface area contributed by atoms with Gasteiger partial charge < -0.3 is 15.8 Å². The third-order valence-corrected chi connectivity index (χ3v) is 3.05. The van der Waals surface area contributed by atoms with E-state index in [1.807, 2.05) is 0 Å². The second-order valence-corrected chi connectivity index (χ2v) is 4.53. The standard InChI is InChI=1S/C12H17FN2O/c1-12(4-6-16-7-5-12)15-11-3-2-9(13)8-10(11)14/h2-3,8,15H,4-7,14H2,1H3. The third-order valence-electron chi connectivity index (χ3n) is 3.05. The number of halogens is 1. The van der Waals surface area contributed by atoms with Crippen LogP contribution in [0.4, 0.5) is 15.8 Å². The van der Waals surface area contributed by atoms with E-state index in [2.05, 4.69) is 12.2 Å². The SMILES string of the molecule is CC1(Nc2ccc(F)cc2N)CCOCC1. The zero-order chi connectivity index (χ0) is 11.6. The molecule has 1 fully saturated rings. The molecule has 1 heterocycles. The van der Waals surface area contributed by atoms with Crippen molar-refractivity contribution in [2.75, 3.05) is 24.3 Å². The number of nitrogens with one attached hydrogen (secondary N) is 1. The molecular formula is C12H17FN2O. The molecule has 0 atom stereocenters. The van der Waals surface area contributed by atoms with Crippen LogP contribution in [-0.2, 0) is 4.74 Å². The molecule has 1 aliphatic rings. The van der Waals surface area contributed by atoms with Gasteiger partial charge in [0.15, 0.2) is 0 Å². The molecule has 4 heteroatoms. The first kappa shape index (κ1) is 11.2. The predicted molar refractivity (Wildman–Crippen MR) is 62.9 cm³/mol. The second kappa shape index (κ2) is 4.29. The lowest BCUT2D eigenvalue weighted by Crippen LogP contribution is -2.40. The number of hydrogen-bond acceptors (Lipinski definition) is 3. The number of ether oxygens (including phenoxy) is 1.